The number of piperidine rings is 1. The van der Waals surface area contributed by atoms with Gasteiger partial charge in [0.1, 0.15) is 0 Å². The molecule has 2 N–H and O–H groups in total. The number of carboxylic acid groups (broad SMARTS) is 2. The number of hydrogen-bond acceptors (Lipinski definition) is 6. The number of hydrogen-bond donors (Lipinski definition) is 2. The summed E-state index contributed by atoms with van der Waals surface area (Å²) in [6.07, 6.45) is 5.69. The van der Waals surface area contributed by atoms with Crippen LogP contribution in [0.2, 0.25) is 0 Å². The molecule has 184 valence electrons. The average Bonchev–Trinajstić information content (AvgIpc) is 3.45. The van der Waals surface area contributed by atoms with Crippen molar-refractivity contribution in [3.63, 3.8) is 0 Å². The Morgan fingerprint density at radius 1 is 1.09 bits per heavy atom. The SMILES string of the molecule is Cc1ccc(N2CCC(N3C[C@@H]4[C@H](CN(C)C)[C@H]5CC[C@]4(C3)O5)CC2)cc1.O=CO.O=CO. The van der Waals surface area contributed by atoms with E-state index in [-0.39, 0.29) is 18.5 Å². The van der Waals surface area contributed by atoms with Gasteiger partial charge in [0.25, 0.3) is 12.9 Å². The van der Waals surface area contributed by atoms with Crippen LogP contribution in [0.25, 0.3) is 0 Å². The smallest absolute Gasteiger partial charge is 0.290 e. The molecule has 1 spiro atoms. The van der Waals surface area contributed by atoms with Crippen LogP contribution in [-0.2, 0) is 14.3 Å². The Kier molecular flexibility index (Phi) is 8.73. The molecule has 4 atom stereocenters. The van der Waals surface area contributed by atoms with Gasteiger partial charge in [-0.05, 0) is 58.8 Å². The summed E-state index contributed by atoms with van der Waals surface area (Å²) in [5, 5.41) is 13.8. The predicted octanol–water partition coefficient (Wildman–Crippen LogP) is 2.41. The molecular weight excluding hydrogens is 422 g/mol. The van der Waals surface area contributed by atoms with Gasteiger partial charge < -0.3 is 24.7 Å². The normalized spacial score (nSPS) is 30.8. The Bertz CT molecular complexity index is 760. The molecule has 1 aromatic rings. The van der Waals surface area contributed by atoms with E-state index in [1.807, 2.05) is 0 Å². The molecule has 4 aliphatic rings. The number of aryl methyl sites for hydroxylation is 1. The molecule has 2 bridgehead atoms. The van der Waals surface area contributed by atoms with Crippen LogP contribution in [0.1, 0.15) is 31.2 Å². The van der Waals surface area contributed by atoms with Crippen molar-refractivity contribution in [1.82, 2.24) is 9.80 Å². The molecule has 0 saturated carbocycles. The summed E-state index contributed by atoms with van der Waals surface area (Å²) in [6, 6.07) is 9.79. The highest BCUT2D eigenvalue weighted by atomic mass is 16.5. The van der Waals surface area contributed by atoms with E-state index >= 15 is 0 Å². The van der Waals surface area contributed by atoms with Crippen LogP contribution in [0.4, 0.5) is 5.69 Å². The summed E-state index contributed by atoms with van der Waals surface area (Å²) < 4.78 is 6.64. The summed E-state index contributed by atoms with van der Waals surface area (Å²) in [4.78, 5) is 24.5. The molecule has 4 aliphatic heterocycles. The number of ether oxygens (including phenoxy) is 1. The van der Waals surface area contributed by atoms with E-state index in [4.69, 9.17) is 24.5 Å². The molecular formula is C25H39N3O5. The standard InChI is InChI=1S/C23H35N3O.2CH2O2/c1-17-4-6-18(7-5-17)25-12-9-19(10-13-25)26-15-21-20(14-24(2)3)22-8-11-23(21,16-26)27-22;2*2-1-3/h4-7,19-22H,8-16H2,1-3H3;2*1H,(H,2,3)/t20-,21+,22+,23+;;/m0../s1. The zero-order valence-corrected chi connectivity index (χ0v) is 20.1. The summed E-state index contributed by atoms with van der Waals surface area (Å²) in [6.45, 7) is 7.69. The summed E-state index contributed by atoms with van der Waals surface area (Å²) in [5.41, 5.74) is 2.93. The maximum Gasteiger partial charge on any atom is 0.290 e. The topological polar surface area (TPSA) is 93.5 Å². The van der Waals surface area contributed by atoms with Crippen molar-refractivity contribution in [2.45, 2.75) is 50.4 Å². The summed E-state index contributed by atoms with van der Waals surface area (Å²) >= 11 is 0. The Balaban J connectivity index is 0.000000464. The van der Waals surface area contributed by atoms with E-state index in [1.54, 1.807) is 0 Å². The van der Waals surface area contributed by atoms with Crippen LogP contribution in [0, 0.1) is 18.8 Å². The van der Waals surface area contributed by atoms with Crippen molar-refractivity contribution >= 4 is 18.6 Å². The van der Waals surface area contributed by atoms with Crippen molar-refractivity contribution in [2.75, 3.05) is 51.7 Å². The Morgan fingerprint density at radius 3 is 2.27 bits per heavy atom. The zero-order valence-electron chi connectivity index (χ0n) is 20.1. The second-order valence-corrected chi connectivity index (χ2v) is 9.99. The molecule has 0 amide bonds. The van der Waals surface area contributed by atoms with Crippen LogP contribution in [-0.4, -0.2) is 97.5 Å². The molecule has 0 aliphatic carbocycles. The van der Waals surface area contributed by atoms with Crippen molar-refractivity contribution in [3.8, 4) is 0 Å². The summed E-state index contributed by atoms with van der Waals surface area (Å²) in [7, 11) is 4.43. The van der Waals surface area contributed by atoms with Gasteiger partial charge in [-0.25, -0.2) is 0 Å². The third kappa shape index (κ3) is 5.67. The van der Waals surface area contributed by atoms with E-state index in [0.29, 0.717) is 6.10 Å². The van der Waals surface area contributed by atoms with Gasteiger partial charge in [0, 0.05) is 56.3 Å². The lowest BCUT2D eigenvalue weighted by molar-refractivity contribution is -0.123. The lowest BCUT2D eigenvalue weighted by atomic mass is 9.73. The highest BCUT2D eigenvalue weighted by molar-refractivity contribution is 5.47. The van der Waals surface area contributed by atoms with Gasteiger partial charge >= 0.3 is 0 Å². The molecule has 5 rings (SSSR count). The summed E-state index contributed by atoms with van der Waals surface area (Å²) in [5.74, 6) is 1.50. The Hall–Kier alpha value is -2.16. The predicted molar refractivity (Wildman–Crippen MR) is 128 cm³/mol. The van der Waals surface area contributed by atoms with E-state index in [1.165, 1.54) is 69.7 Å². The molecule has 33 heavy (non-hydrogen) atoms. The number of likely N-dealkylation sites (tertiary alicyclic amines) is 1. The first-order valence-electron chi connectivity index (χ1n) is 11.9. The third-order valence-corrected chi connectivity index (χ3v) is 7.77. The highest BCUT2D eigenvalue weighted by Crippen LogP contribution is 2.55. The van der Waals surface area contributed by atoms with Crippen LogP contribution in [0.3, 0.4) is 0 Å². The molecule has 4 heterocycles. The van der Waals surface area contributed by atoms with Gasteiger partial charge in [0.2, 0.25) is 0 Å². The van der Waals surface area contributed by atoms with Crippen molar-refractivity contribution in [1.29, 1.82) is 0 Å². The van der Waals surface area contributed by atoms with Gasteiger partial charge in [-0.2, -0.15) is 0 Å². The fourth-order valence-electron chi connectivity index (χ4n) is 6.42. The van der Waals surface area contributed by atoms with E-state index in [9.17, 15) is 0 Å². The van der Waals surface area contributed by atoms with Crippen LogP contribution in [0.15, 0.2) is 24.3 Å². The van der Waals surface area contributed by atoms with Gasteiger partial charge in [-0.3, -0.25) is 14.5 Å². The van der Waals surface area contributed by atoms with Crippen molar-refractivity contribution in [2.24, 2.45) is 11.8 Å². The number of carbonyl (C=O) groups is 2. The molecule has 1 aromatic carbocycles. The molecule has 0 aromatic heterocycles. The maximum absolute atomic E-state index is 8.36. The van der Waals surface area contributed by atoms with Crippen LogP contribution >= 0.6 is 0 Å². The third-order valence-electron chi connectivity index (χ3n) is 7.77. The monoisotopic (exact) mass is 461 g/mol. The largest absolute Gasteiger partial charge is 0.483 e. The van der Waals surface area contributed by atoms with Crippen LogP contribution in [0.5, 0.6) is 0 Å². The Labute approximate surface area is 197 Å². The second kappa shape index (κ2) is 11.3. The highest BCUT2D eigenvalue weighted by Gasteiger charge is 2.63. The maximum atomic E-state index is 8.36. The fraction of sp³-hybridized carbons (Fsp3) is 0.680. The fourth-order valence-corrected chi connectivity index (χ4v) is 6.42. The molecule has 0 unspecified atom stereocenters. The van der Waals surface area contributed by atoms with Gasteiger partial charge in [-0.1, -0.05) is 17.7 Å². The molecule has 0 radical (unpaired) electrons. The van der Waals surface area contributed by atoms with Crippen molar-refractivity contribution in [3.05, 3.63) is 29.8 Å². The molecule has 8 heteroatoms. The van der Waals surface area contributed by atoms with Crippen LogP contribution < -0.4 is 4.90 Å². The second-order valence-electron chi connectivity index (χ2n) is 9.99. The molecule has 8 nitrogen and oxygen atoms in total. The lowest BCUT2D eigenvalue weighted by Crippen LogP contribution is -2.45. The van der Waals surface area contributed by atoms with E-state index in [2.05, 4.69) is 60.0 Å². The first-order chi connectivity index (χ1) is 15.9. The number of fused-ring (bicyclic) bond motifs is 1. The average molecular weight is 462 g/mol. The first-order valence-corrected chi connectivity index (χ1v) is 11.9. The lowest BCUT2D eigenvalue weighted by Gasteiger charge is -2.38. The minimum absolute atomic E-state index is 0.194. The Morgan fingerprint density at radius 2 is 1.70 bits per heavy atom. The van der Waals surface area contributed by atoms with E-state index < -0.39 is 0 Å². The number of nitrogens with zero attached hydrogens (tertiary/aromatic N) is 3. The first kappa shape index (κ1) is 25.5. The zero-order chi connectivity index (χ0) is 24.0. The van der Waals surface area contributed by atoms with E-state index in [0.717, 1.165) is 17.9 Å². The number of rotatable bonds is 4. The minimum Gasteiger partial charge on any atom is -0.483 e. The number of anilines is 1. The molecule has 4 fully saturated rings. The van der Waals surface area contributed by atoms with Gasteiger partial charge in [-0.15, -0.1) is 0 Å². The van der Waals surface area contributed by atoms with Gasteiger partial charge in [0.15, 0.2) is 0 Å². The minimum atomic E-state index is -0.250. The number of benzene rings is 1. The molecule has 4 saturated heterocycles. The van der Waals surface area contributed by atoms with Crippen molar-refractivity contribution < 1.29 is 24.5 Å². The quantitative estimate of drug-likeness (QED) is 0.661. The van der Waals surface area contributed by atoms with Gasteiger partial charge in [0.05, 0.1) is 11.7 Å².